The van der Waals surface area contributed by atoms with Crippen molar-refractivity contribution < 1.29 is 17.7 Å². The molecule has 2 aliphatic carbocycles. The molecule has 0 spiro atoms. The first-order valence-electron chi connectivity index (χ1n) is 11.4. The third-order valence-corrected chi connectivity index (χ3v) is 8.85. The van der Waals surface area contributed by atoms with Crippen molar-refractivity contribution in [3.05, 3.63) is 11.7 Å². The van der Waals surface area contributed by atoms with E-state index >= 15 is 0 Å². The van der Waals surface area contributed by atoms with Crippen LogP contribution in [-0.2, 0) is 20.2 Å². The Morgan fingerprint density at radius 2 is 2.07 bits per heavy atom. The van der Waals surface area contributed by atoms with Crippen molar-refractivity contribution in [2.45, 2.75) is 83.1 Å². The molecule has 1 aliphatic heterocycles. The molecule has 3 atom stereocenters. The van der Waals surface area contributed by atoms with Gasteiger partial charge >= 0.3 is 0 Å². The first-order chi connectivity index (χ1) is 14.3. The third kappa shape index (κ3) is 4.42. The lowest BCUT2D eigenvalue weighted by molar-refractivity contribution is -0.131. The summed E-state index contributed by atoms with van der Waals surface area (Å²) in [6, 6.07) is -0.161. The van der Waals surface area contributed by atoms with Gasteiger partial charge in [-0.15, -0.1) is 0 Å². The normalized spacial score (nSPS) is 30.0. The highest BCUT2D eigenvalue weighted by Crippen LogP contribution is 2.50. The maximum absolute atomic E-state index is 13.0. The minimum Gasteiger partial charge on any atom is -0.341 e. The van der Waals surface area contributed by atoms with Crippen LogP contribution in [0.1, 0.15) is 76.4 Å². The number of hydrogen-bond donors (Lipinski definition) is 1. The molecular weight excluding hydrogens is 404 g/mol. The van der Waals surface area contributed by atoms with Gasteiger partial charge in [0.15, 0.2) is 5.82 Å². The van der Waals surface area contributed by atoms with Crippen molar-refractivity contribution in [1.82, 2.24) is 19.8 Å². The Kier molecular flexibility index (Phi) is 6.21. The van der Waals surface area contributed by atoms with Crippen LogP contribution in [0, 0.1) is 18.8 Å². The number of fused-ring (bicyclic) bond motifs is 1. The quantitative estimate of drug-likeness (QED) is 0.701. The van der Waals surface area contributed by atoms with Crippen LogP contribution in [0.15, 0.2) is 4.52 Å². The molecule has 4 rings (SSSR count). The average Bonchev–Trinajstić information content (AvgIpc) is 3.39. The maximum atomic E-state index is 13.0. The minimum absolute atomic E-state index is 0.0621. The second kappa shape index (κ2) is 8.57. The van der Waals surface area contributed by atoms with Gasteiger partial charge in [0.25, 0.3) is 0 Å². The molecule has 8 nitrogen and oxygen atoms in total. The molecule has 1 amide bonds. The number of likely N-dealkylation sites (tertiary alicyclic amines) is 1. The van der Waals surface area contributed by atoms with Gasteiger partial charge in [-0.25, -0.2) is 13.1 Å². The molecule has 3 fully saturated rings. The topological polar surface area (TPSA) is 105 Å². The van der Waals surface area contributed by atoms with Crippen LogP contribution in [-0.4, -0.2) is 54.2 Å². The van der Waals surface area contributed by atoms with Gasteiger partial charge in [0.05, 0.1) is 11.2 Å². The Labute approximate surface area is 179 Å². The SMILES string of the molecule is CCS(=O)(=O)NC1CC2CN(C(=O)CCC3CCCCC3)CC2(c2nc(C)no2)C1. The minimum atomic E-state index is -3.29. The van der Waals surface area contributed by atoms with E-state index in [1.807, 2.05) is 4.90 Å². The Balaban J connectivity index is 1.46. The van der Waals surface area contributed by atoms with Crippen LogP contribution < -0.4 is 4.72 Å². The van der Waals surface area contributed by atoms with E-state index in [0.29, 0.717) is 50.0 Å². The fourth-order valence-electron chi connectivity index (χ4n) is 5.78. The van der Waals surface area contributed by atoms with Gasteiger partial charge in [-0.3, -0.25) is 4.79 Å². The predicted octanol–water partition coefficient (Wildman–Crippen LogP) is 2.54. The average molecular weight is 439 g/mol. The molecule has 0 aromatic carbocycles. The lowest BCUT2D eigenvalue weighted by Gasteiger charge is -2.26. The Bertz CT molecular complexity index is 864. The molecule has 0 bridgehead atoms. The van der Waals surface area contributed by atoms with Crippen molar-refractivity contribution in [2.24, 2.45) is 11.8 Å². The van der Waals surface area contributed by atoms with E-state index in [1.165, 1.54) is 32.1 Å². The molecule has 1 saturated heterocycles. The van der Waals surface area contributed by atoms with E-state index in [0.717, 1.165) is 6.42 Å². The zero-order valence-electron chi connectivity index (χ0n) is 18.1. The smallest absolute Gasteiger partial charge is 0.235 e. The zero-order chi connectivity index (χ0) is 21.4. The van der Waals surface area contributed by atoms with Gasteiger partial charge in [-0.05, 0) is 44.9 Å². The maximum Gasteiger partial charge on any atom is 0.235 e. The van der Waals surface area contributed by atoms with Gasteiger partial charge in [-0.1, -0.05) is 37.3 Å². The summed E-state index contributed by atoms with van der Waals surface area (Å²) in [5.74, 6) is 2.19. The number of nitrogens with one attached hydrogen (secondary N) is 1. The summed E-state index contributed by atoms with van der Waals surface area (Å²) in [5, 5.41) is 3.97. The predicted molar refractivity (Wildman–Crippen MR) is 112 cm³/mol. The van der Waals surface area contributed by atoms with Crippen LogP contribution in [0.3, 0.4) is 0 Å². The summed E-state index contributed by atoms with van der Waals surface area (Å²) in [7, 11) is -3.29. The zero-order valence-corrected chi connectivity index (χ0v) is 18.9. The lowest BCUT2D eigenvalue weighted by atomic mass is 9.80. The molecule has 1 N–H and O–H groups in total. The van der Waals surface area contributed by atoms with Crippen molar-refractivity contribution >= 4 is 15.9 Å². The summed E-state index contributed by atoms with van der Waals surface area (Å²) in [6.07, 6.45) is 9.26. The summed E-state index contributed by atoms with van der Waals surface area (Å²) in [4.78, 5) is 19.5. The van der Waals surface area contributed by atoms with E-state index in [-0.39, 0.29) is 23.6 Å². The molecule has 9 heteroatoms. The highest BCUT2D eigenvalue weighted by Gasteiger charge is 2.58. The fraction of sp³-hybridized carbons (Fsp3) is 0.857. The molecule has 168 valence electrons. The first kappa shape index (κ1) is 21.7. The van der Waals surface area contributed by atoms with Crippen molar-refractivity contribution in [3.63, 3.8) is 0 Å². The molecular formula is C21H34N4O4S. The number of hydrogen-bond acceptors (Lipinski definition) is 6. The molecule has 3 aliphatic rings. The molecule has 30 heavy (non-hydrogen) atoms. The van der Waals surface area contributed by atoms with Crippen molar-refractivity contribution in [3.8, 4) is 0 Å². The van der Waals surface area contributed by atoms with Gasteiger partial charge in [-0.2, -0.15) is 4.98 Å². The highest BCUT2D eigenvalue weighted by atomic mass is 32.2. The van der Waals surface area contributed by atoms with Gasteiger partial charge in [0.1, 0.15) is 0 Å². The molecule has 1 aromatic heterocycles. The standard InChI is InChI=1S/C21H34N4O4S/c1-3-30(27,28)24-18-11-17-13-25(19(26)10-9-16-7-5-4-6-8-16)14-21(17,12-18)20-22-15(2)23-29-20/h16-18,24H,3-14H2,1-2H3. The molecule has 1 aromatic rings. The summed E-state index contributed by atoms with van der Waals surface area (Å²) < 4.78 is 32.6. The summed E-state index contributed by atoms with van der Waals surface area (Å²) in [6.45, 7) is 4.59. The van der Waals surface area contributed by atoms with Crippen LogP contribution in [0.2, 0.25) is 0 Å². The van der Waals surface area contributed by atoms with Crippen LogP contribution in [0.4, 0.5) is 0 Å². The van der Waals surface area contributed by atoms with Gasteiger partial charge in [0, 0.05) is 25.6 Å². The summed E-state index contributed by atoms with van der Waals surface area (Å²) >= 11 is 0. The largest absolute Gasteiger partial charge is 0.341 e. The van der Waals surface area contributed by atoms with E-state index in [2.05, 4.69) is 14.9 Å². The van der Waals surface area contributed by atoms with Gasteiger partial charge < -0.3 is 9.42 Å². The number of sulfonamides is 1. The van der Waals surface area contributed by atoms with Gasteiger partial charge in [0.2, 0.25) is 21.8 Å². The molecule has 3 unspecified atom stereocenters. The Morgan fingerprint density at radius 3 is 2.73 bits per heavy atom. The molecule has 2 heterocycles. The molecule has 2 saturated carbocycles. The van der Waals surface area contributed by atoms with Crippen LogP contribution >= 0.6 is 0 Å². The monoisotopic (exact) mass is 438 g/mol. The second-order valence-electron chi connectivity index (χ2n) is 9.47. The fourth-order valence-corrected chi connectivity index (χ4v) is 6.63. The number of amides is 1. The number of aryl methyl sites for hydroxylation is 1. The number of carbonyl (C=O) groups excluding carboxylic acids is 1. The van der Waals surface area contributed by atoms with E-state index < -0.39 is 15.4 Å². The number of aromatic nitrogens is 2. The van der Waals surface area contributed by atoms with E-state index in [4.69, 9.17) is 4.52 Å². The Morgan fingerprint density at radius 1 is 1.30 bits per heavy atom. The Hall–Kier alpha value is -1.48. The first-order valence-corrected chi connectivity index (χ1v) is 13.0. The number of nitrogens with zero attached hydrogens (tertiary/aromatic N) is 3. The number of carbonyl (C=O) groups is 1. The van der Waals surface area contributed by atoms with E-state index in [1.54, 1.807) is 13.8 Å². The third-order valence-electron chi connectivity index (χ3n) is 7.40. The van der Waals surface area contributed by atoms with Crippen molar-refractivity contribution in [2.75, 3.05) is 18.8 Å². The highest BCUT2D eigenvalue weighted by molar-refractivity contribution is 7.89. The second-order valence-corrected chi connectivity index (χ2v) is 11.5. The van der Waals surface area contributed by atoms with Crippen molar-refractivity contribution in [1.29, 1.82) is 0 Å². The van der Waals surface area contributed by atoms with Crippen LogP contribution in [0.5, 0.6) is 0 Å². The molecule has 0 radical (unpaired) electrons. The summed E-state index contributed by atoms with van der Waals surface area (Å²) in [5.41, 5.74) is -0.456. The lowest BCUT2D eigenvalue weighted by Crippen LogP contribution is -2.40. The van der Waals surface area contributed by atoms with E-state index in [9.17, 15) is 13.2 Å². The van der Waals surface area contributed by atoms with Crippen LogP contribution in [0.25, 0.3) is 0 Å². The number of rotatable bonds is 7.